The Morgan fingerprint density at radius 3 is 2.55 bits per heavy atom. The smallest absolute Gasteiger partial charge is 0.259 e. The van der Waals surface area contributed by atoms with Crippen molar-refractivity contribution in [3.05, 3.63) is 39.6 Å². The second-order valence-electron chi connectivity index (χ2n) is 6.95. The number of hydrogen-bond donors (Lipinski definition) is 0. The third-order valence-electron chi connectivity index (χ3n) is 5.09. The van der Waals surface area contributed by atoms with Gasteiger partial charge in [-0.25, -0.2) is 0 Å². The van der Waals surface area contributed by atoms with Gasteiger partial charge in [0.15, 0.2) is 23.0 Å². The number of anilines is 1. The molecule has 1 aliphatic heterocycles. The van der Waals surface area contributed by atoms with Crippen molar-refractivity contribution >= 4 is 45.1 Å². The molecule has 162 valence electrons. The van der Waals surface area contributed by atoms with Gasteiger partial charge in [-0.15, -0.1) is 0 Å². The van der Waals surface area contributed by atoms with E-state index in [1.54, 1.807) is 43.5 Å². The second kappa shape index (κ2) is 9.13. The number of fused-ring (bicyclic) bond motifs is 2. The number of carbonyl (C=O) groups is 1. The molecule has 1 aromatic heterocycles. The zero-order valence-electron chi connectivity index (χ0n) is 17.5. The number of carbonyl (C=O) groups excluding carboxylic acids is 1. The number of methoxy groups -OCH3 is 2. The maximum Gasteiger partial charge on any atom is 0.259 e. The standard InChI is InChI=1S/C22H22IN3O5/c1-4-5-6-26(22(27)13-7-18(28-2)19(29-3)9-15(13)23)17-11-24-25-16-10-21-20(8-14(16)17)30-12-31-21/h7-11H,4-6,12H2,1-3H3. The van der Waals surface area contributed by atoms with Gasteiger partial charge in [-0.05, 0) is 47.2 Å². The van der Waals surface area contributed by atoms with Crippen LogP contribution in [0, 0.1) is 3.57 Å². The molecule has 0 unspecified atom stereocenters. The third kappa shape index (κ3) is 4.06. The summed E-state index contributed by atoms with van der Waals surface area (Å²) in [6, 6.07) is 7.16. The van der Waals surface area contributed by atoms with E-state index in [0.29, 0.717) is 46.3 Å². The first kappa shape index (κ1) is 21.4. The summed E-state index contributed by atoms with van der Waals surface area (Å²) in [6.07, 6.45) is 3.39. The number of amides is 1. The lowest BCUT2D eigenvalue weighted by atomic mass is 10.1. The Hall–Kier alpha value is -2.82. The predicted octanol–water partition coefficient (Wildman–Crippen LogP) is 4.43. The first-order valence-electron chi connectivity index (χ1n) is 9.85. The van der Waals surface area contributed by atoms with Crippen LogP contribution >= 0.6 is 22.6 Å². The van der Waals surface area contributed by atoms with Gasteiger partial charge in [0.05, 0.1) is 37.2 Å². The molecule has 8 nitrogen and oxygen atoms in total. The molecule has 0 aliphatic carbocycles. The highest BCUT2D eigenvalue weighted by Gasteiger charge is 2.25. The lowest BCUT2D eigenvalue weighted by molar-refractivity contribution is 0.0985. The zero-order valence-corrected chi connectivity index (χ0v) is 19.6. The molecule has 31 heavy (non-hydrogen) atoms. The Morgan fingerprint density at radius 1 is 1.13 bits per heavy atom. The molecule has 2 aromatic carbocycles. The highest BCUT2D eigenvalue weighted by Crippen LogP contribution is 2.39. The summed E-state index contributed by atoms with van der Waals surface area (Å²) in [5, 5.41) is 9.14. The van der Waals surface area contributed by atoms with Crippen LogP contribution in [-0.4, -0.2) is 43.7 Å². The van der Waals surface area contributed by atoms with Crippen molar-refractivity contribution in [1.29, 1.82) is 0 Å². The van der Waals surface area contributed by atoms with Crippen molar-refractivity contribution in [3.63, 3.8) is 0 Å². The fourth-order valence-corrected chi connectivity index (χ4v) is 4.13. The van der Waals surface area contributed by atoms with E-state index in [1.807, 2.05) is 6.07 Å². The van der Waals surface area contributed by atoms with Crippen molar-refractivity contribution in [2.75, 3.05) is 32.5 Å². The molecule has 0 saturated heterocycles. The van der Waals surface area contributed by atoms with Crippen molar-refractivity contribution < 1.29 is 23.7 Å². The van der Waals surface area contributed by atoms with E-state index in [1.165, 1.54) is 0 Å². The van der Waals surface area contributed by atoms with Gasteiger partial charge in [-0.3, -0.25) is 4.79 Å². The minimum absolute atomic E-state index is 0.147. The summed E-state index contributed by atoms with van der Waals surface area (Å²) in [7, 11) is 3.12. The topological polar surface area (TPSA) is 83.0 Å². The van der Waals surface area contributed by atoms with E-state index in [4.69, 9.17) is 18.9 Å². The Labute approximate surface area is 193 Å². The quantitative estimate of drug-likeness (QED) is 0.414. The van der Waals surface area contributed by atoms with E-state index in [2.05, 4.69) is 39.7 Å². The molecular weight excluding hydrogens is 513 g/mol. The predicted molar refractivity (Wildman–Crippen MR) is 125 cm³/mol. The monoisotopic (exact) mass is 535 g/mol. The molecule has 0 radical (unpaired) electrons. The number of ether oxygens (including phenoxy) is 4. The minimum atomic E-state index is -0.147. The summed E-state index contributed by atoms with van der Waals surface area (Å²) in [5.74, 6) is 2.19. The molecule has 0 spiro atoms. The Kier molecular flexibility index (Phi) is 6.30. The van der Waals surface area contributed by atoms with Gasteiger partial charge in [0, 0.05) is 21.6 Å². The summed E-state index contributed by atoms with van der Waals surface area (Å²) in [5.41, 5.74) is 1.84. The summed E-state index contributed by atoms with van der Waals surface area (Å²) in [4.78, 5) is 15.5. The van der Waals surface area contributed by atoms with Crippen LogP contribution in [0.1, 0.15) is 30.1 Å². The van der Waals surface area contributed by atoms with Crippen molar-refractivity contribution in [3.8, 4) is 23.0 Å². The molecule has 4 rings (SSSR count). The SMILES string of the molecule is CCCCN(C(=O)c1cc(OC)c(OC)cc1I)c1cnnc2cc3c(cc12)OCO3. The minimum Gasteiger partial charge on any atom is -0.493 e. The molecule has 3 aromatic rings. The molecule has 0 N–H and O–H groups in total. The van der Waals surface area contributed by atoms with E-state index in [9.17, 15) is 4.79 Å². The molecule has 9 heteroatoms. The van der Waals surface area contributed by atoms with Crippen LogP contribution in [0.3, 0.4) is 0 Å². The lowest BCUT2D eigenvalue weighted by Gasteiger charge is -2.24. The molecule has 1 aliphatic rings. The maximum absolute atomic E-state index is 13.7. The van der Waals surface area contributed by atoms with Gasteiger partial charge in [0.25, 0.3) is 5.91 Å². The van der Waals surface area contributed by atoms with Crippen LogP contribution in [-0.2, 0) is 0 Å². The van der Waals surface area contributed by atoms with Crippen LogP contribution in [0.25, 0.3) is 10.9 Å². The largest absolute Gasteiger partial charge is 0.493 e. The van der Waals surface area contributed by atoms with Gasteiger partial charge in [-0.1, -0.05) is 13.3 Å². The first-order valence-corrected chi connectivity index (χ1v) is 10.9. The van der Waals surface area contributed by atoms with Crippen LogP contribution < -0.4 is 23.8 Å². The lowest BCUT2D eigenvalue weighted by Crippen LogP contribution is -2.33. The summed E-state index contributed by atoms with van der Waals surface area (Å²) < 4.78 is 22.5. The van der Waals surface area contributed by atoms with Crippen LogP contribution in [0.5, 0.6) is 23.0 Å². The summed E-state index contributed by atoms with van der Waals surface area (Å²) >= 11 is 2.14. The number of nitrogens with zero attached hydrogens (tertiary/aromatic N) is 3. The molecule has 0 fully saturated rings. The van der Waals surface area contributed by atoms with E-state index >= 15 is 0 Å². The van der Waals surface area contributed by atoms with Gasteiger partial charge in [0.2, 0.25) is 6.79 Å². The van der Waals surface area contributed by atoms with E-state index in [-0.39, 0.29) is 12.7 Å². The van der Waals surface area contributed by atoms with E-state index < -0.39 is 0 Å². The number of rotatable bonds is 7. The highest BCUT2D eigenvalue weighted by atomic mass is 127. The average molecular weight is 535 g/mol. The van der Waals surface area contributed by atoms with Gasteiger partial charge in [-0.2, -0.15) is 10.2 Å². The van der Waals surface area contributed by atoms with Crippen molar-refractivity contribution in [1.82, 2.24) is 10.2 Å². The number of hydrogen-bond acceptors (Lipinski definition) is 7. The number of halogens is 1. The van der Waals surface area contributed by atoms with Crippen LogP contribution in [0.4, 0.5) is 5.69 Å². The molecule has 1 amide bonds. The van der Waals surface area contributed by atoms with Crippen molar-refractivity contribution in [2.24, 2.45) is 0 Å². The molecular formula is C22H22IN3O5. The zero-order chi connectivity index (χ0) is 22.0. The highest BCUT2D eigenvalue weighted by molar-refractivity contribution is 14.1. The second-order valence-corrected chi connectivity index (χ2v) is 8.11. The normalized spacial score (nSPS) is 12.1. The van der Waals surface area contributed by atoms with Gasteiger partial charge < -0.3 is 23.8 Å². The fraction of sp³-hybridized carbons (Fsp3) is 0.318. The number of benzene rings is 2. The van der Waals surface area contributed by atoms with E-state index in [0.717, 1.165) is 21.8 Å². The van der Waals surface area contributed by atoms with Crippen LogP contribution in [0.15, 0.2) is 30.5 Å². The summed E-state index contributed by atoms with van der Waals surface area (Å²) in [6.45, 7) is 2.79. The first-order chi connectivity index (χ1) is 15.1. The van der Waals surface area contributed by atoms with Gasteiger partial charge in [0.1, 0.15) is 0 Å². The molecule has 2 heterocycles. The fourth-order valence-electron chi connectivity index (χ4n) is 3.46. The molecule has 0 bridgehead atoms. The Bertz CT molecular complexity index is 1140. The molecule has 0 atom stereocenters. The van der Waals surface area contributed by atoms with Crippen molar-refractivity contribution in [2.45, 2.75) is 19.8 Å². The van der Waals surface area contributed by atoms with Crippen LogP contribution in [0.2, 0.25) is 0 Å². The Morgan fingerprint density at radius 2 is 1.84 bits per heavy atom. The Balaban J connectivity index is 1.83. The third-order valence-corrected chi connectivity index (χ3v) is 5.98. The number of aromatic nitrogens is 2. The number of unbranched alkanes of at least 4 members (excludes halogenated alkanes) is 1. The maximum atomic E-state index is 13.7. The molecule has 0 saturated carbocycles. The average Bonchev–Trinajstić information content (AvgIpc) is 3.24. The van der Waals surface area contributed by atoms with Gasteiger partial charge >= 0.3 is 0 Å².